The number of hydrogen-bond donors (Lipinski definition) is 1. The number of benzene rings is 2. The minimum absolute atomic E-state index is 0.278. The average Bonchev–Trinajstić information content (AvgIpc) is 3.18. The Morgan fingerprint density at radius 1 is 1.14 bits per heavy atom. The lowest BCUT2D eigenvalue weighted by Crippen LogP contribution is -2.34. The van der Waals surface area contributed by atoms with Gasteiger partial charge in [0.1, 0.15) is 0 Å². The first-order chi connectivity index (χ1) is 10.8. The molecule has 1 unspecified atom stereocenters. The van der Waals surface area contributed by atoms with Crippen LogP contribution in [-0.2, 0) is 11.2 Å². The zero-order chi connectivity index (χ0) is 15.0. The molecule has 3 heteroatoms. The van der Waals surface area contributed by atoms with Crippen LogP contribution in [-0.4, -0.2) is 37.0 Å². The third-order valence-electron chi connectivity index (χ3n) is 5.34. The highest BCUT2D eigenvalue weighted by molar-refractivity contribution is 5.90. The standard InChI is InChI=1S/C19H22N2O/c22-18(21-11-9-19(14-21)8-10-20-13-19)12-16-6-3-5-15-4-1-2-7-17(15)16/h1-7,20H,8-14H2. The Labute approximate surface area is 131 Å². The summed E-state index contributed by atoms with van der Waals surface area (Å²) < 4.78 is 0. The summed E-state index contributed by atoms with van der Waals surface area (Å²) in [5, 5.41) is 5.87. The van der Waals surface area contributed by atoms with Crippen molar-refractivity contribution in [1.82, 2.24) is 10.2 Å². The van der Waals surface area contributed by atoms with Crippen molar-refractivity contribution in [3.05, 3.63) is 48.0 Å². The number of hydrogen-bond acceptors (Lipinski definition) is 2. The Bertz CT molecular complexity index is 698. The fourth-order valence-electron chi connectivity index (χ4n) is 4.01. The molecule has 2 aliphatic rings. The molecule has 2 aromatic rings. The van der Waals surface area contributed by atoms with Gasteiger partial charge in [-0.2, -0.15) is 0 Å². The number of carbonyl (C=O) groups is 1. The van der Waals surface area contributed by atoms with Crippen molar-refractivity contribution in [2.45, 2.75) is 19.3 Å². The zero-order valence-electron chi connectivity index (χ0n) is 12.8. The van der Waals surface area contributed by atoms with E-state index in [9.17, 15) is 4.79 Å². The molecular weight excluding hydrogens is 272 g/mol. The van der Waals surface area contributed by atoms with E-state index in [0.717, 1.165) is 38.2 Å². The highest BCUT2D eigenvalue weighted by Gasteiger charge is 2.41. The lowest BCUT2D eigenvalue weighted by molar-refractivity contribution is -0.129. The molecule has 1 spiro atoms. The number of nitrogens with zero attached hydrogens (tertiary/aromatic N) is 1. The Morgan fingerprint density at radius 2 is 2.00 bits per heavy atom. The SMILES string of the molecule is O=C(Cc1cccc2ccccc12)N1CCC2(CCNC2)C1. The predicted octanol–water partition coefficient (Wildman–Crippen LogP) is 2.59. The Morgan fingerprint density at radius 3 is 2.86 bits per heavy atom. The number of amides is 1. The van der Waals surface area contributed by atoms with Crippen LogP contribution in [0.5, 0.6) is 0 Å². The summed E-state index contributed by atoms with van der Waals surface area (Å²) in [6, 6.07) is 14.6. The van der Waals surface area contributed by atoms with Gasteiger partial charge >= 0.3 is 0 Å². The summed E-state index contributed by atoms with van der Waals surface area (Å²) in [6.07, 6.45) is 2.89. The minimum atomic E-state index is 0.278. The summed E-state index contributed by atoms with van der Waals surface area (Å²) in [4.78, 5) is 14.8. The first-order valence-electron chi connectivity index (χ1n) is 8.21. The predicted molar refractivity (Wildman–Crippen MR) is 88.8 cm³/mol. The van der Waals surface area contributed by atoms with Crippen LogP contribution in [0.3, 0.4) is 0 Å². The molecule has 2 fully saturated rings. The van der Waals surface area contributed by atoms with E-state index in [1.807, 2.05) is 12.1 Å². The molecule has 2 aromatic carbocycles. The van der Waals surface area contributed by atoms with Crippen LogP contribution < -0.4 is 5.32 Å². The van der Waals surface area contributed by atoms with E-state index in [4.69, 9.17) is 0 Å². The van der Waals surface area contributed by atoms with E-state index in [1.165, 1.54) is 17.2 Å². The second-order valence-corrected chi connectivity index (χ2v) is 6.81. The fraction of sp³-hybridized carbons (Fsp3) is 0.421. The smallest absolute Gasteiger partial charge is 0.227 e. The molecule has 2 saturated heterocycles. The summed E-state index contributed by atoms with van der Waals surface area (Å²) in [6.45, 7) is 4.03. The van der Waals surface area contributed by atoms with Crippen LogP contribution in [0.4, 0.5) is 0 Å². The first kappa shape index (κ1) is 13.8. The lowest BCUT2D eigenvalue weighted by atomic mass is 9.86. The van der Waals surface area contributed by atoms with Gasteiger partial charge in [0.05, 0.1) is 6.42 Å². The van der Waals surface area contributed by atoms with E-state index in [-0.39, 0.29) is 5.91 Å². The summed E-state index contributed by atoms with van der Waals surface area (Å²) >= 11 is 0. The van der Waals surface area contributed by atoms with Crippen molar-refractivity contribution < 1.29 is 4.79 Å². The summed E-state index contributed by atoms with van der Waals surface area (Å²) in [5.41, 5.74) is 1.50. The van der Waals surface area contributed by atoms with Gasteiger partial charge in [0.25, 0.3) is 0 Å². The molecule has 22 heavy (non-hydrogen) atoms. The Balaban J connectivity index is 1.52. The maximum absolute atomic E-state index is 12.7. The lowest BCUT2D eigenvalue weighted by Gasteiger charge is -2.23. The van der Waals surface area contributed by atoms with Crippen LogP contribution in [0.25, 0.3) is 10.8 Å². The highest BCUT2D eigenvalue weighted by Crippen LogP contribution is 2.36. The first-order valence-corrected chi connectivity index (χ1v) is 8.21. The van der Waals surface area contributed by atoms with E-state index >= 15 is 0 Å². The van der Waals surface area contributed by atoms with Crippen LogP contribution in [0.2, 0.25) is 0 Å². The maximum atomic E-state index is 12.7. The van der Waals surface area contributed by atoms with Gasteiger partial charge in [0.2, 0.25) is 5.91 Å². The second kappa shape index (κ2) is 5.40. The molecule has 2 heterocycles. The molecule has 0 bridgehead atoms. The molecule has 1 N–H and O–H groups in total. The molecule has 1 atom stereocenters. The van der Waals surface area contributed by atoms with Crippen LogP contribution in [0.15, 0.2) is 42.5 Å². The van der Waals surface area contributed by atoms with Crippen molar-refractivity contribution in [1.29, 1.82) is 0 Å². The molecule has 2 aliphatic heterocycles. The fourth-order valence-corrected chi connectivity index (χ4v) is 4.01. The molecule has 1 amide bonds. The number of fused-ring (bicyclic) bond motifs is 1. The molecule has 0 aromatic heterocycles. The molecule has 114 valence electrons. The molecule has 0 aliphatic carbocycles. The van der Waals surface area contributed by atoms with E-state index in [0.29, 0.717) is 11.8 Å². The Hall–Kier alpha value is -1.87. The summed E-state index contributed by atoms with van der Waals surface area (Å²) in [7, 11) is 0. The highest BCUT2D eigenvalue weighted by atomic mass is 16.2. The van der Waals surface area contributed by atoms with Gasteiger partial charge in [-0.3, -0.25) is 4.79 Å². The topological polar surface area (TPSA) is 32.3 Å². The van der Waals surface area contributed by atoms with Gasteiger partial charge in [-0.15, -0.1) is 0 Å². The van der Waals surface area contributed by atoms with Gasteiger partial charge in [-0.1, -0.05) is 42.5 Å². The second-order valence-electron chi connectivity index (χ2n) is 6.81. The zero-order valence-corrected chi connectivity index (χ0v) is 12.8. The normalized spacial score (nSPS) is 24.5. The minimum Gasteiger partial charge on any atom is -0.342 e. The molecule has 0 saturated carbocycles. The molecule has 4 rings (SSSR count). The van der Waals surface area contributed by atoms with E-state index in [2.05, 4.69) is 40.5 Å². The van der Waals surface area contributed by atoms with Gasteiger partial charge in [0, 0.05) is 25.0 Å². The molecule has 3 nitrogen and oxygen atoms in total. The number of nitrogens with one attached hydrogen (secondary N) is 1. The van der Waals surface area contributed by atoms with Crippen LogP contribution in [0, 0.1) is 5.41 Å². The number of rotatable bonds is 2. The quantitative estimate of drug-likeness (QED) is 0.923. The van der Waals surface area contributed by atoms with E-state index < -0.39 is 0 Å². The molecular formula is C19H22N2O. The third kappa shape index (κ3) is 2.40. The number of carbonyl (C=O) groups excluding carboxylic acids is 1. The van der Waals surface area contributed by atoms with E-state index in [1.54, 1.807) is 0 Å². The average molecular weight is 294 g/mol. The van der Waals surface area contributed by atoms with Gasteiger partial charge in [-0.05, 0) is 35.7 Å². The largest absolute Gasteiger partial charge is 0.342 e. The Kier molecular flexibility index (Phi) is 3.38. The van der Waals surface area contributed by atoms with Crippen molar-refractivity contribution in [2.75, 3.05) is 26.2 Å². The van der Waals surface area contributed by atoms with Gasteiger partial charge in [-0.25, -0.2) is 0 Å². The molecule has 0 radical (unpaired) electrons. The van der Waals surface area contributed by atoms with Crippen LogP contribution in [0.1, 0.15) is 18.4 Å². The van der Waals surface area contributed by atoms with Crippen molar-refractivity contribution in [3.63, 3.8) is 0 Å². The summed E-state index contributed by atoms with van der Waals surface area (Å²) in [5.74, 6) is 0.278. The van der Waals surface area contributed by atoms with Gasteiger partial charge < -0.3 is 10.2 Å². The van der Waals surface area contributed by atoms with Crippen molar-refractivity contribution in [3.8, 4) is 0 Å². The van der Waals surface area contributed by atoms with Crippen LogP contribution >= 0.6 is 0 Å². The number of likely N-dealkylation sites (tertiary alicyclic amines) is 1. The monoisotopic (exact) mass is 294 g/mol. The van der Waals surface area contributed by atoms with Gasteiger partial charge in [0.15, 0.2) is 0 Å². The van der Waals surface area contributed by atoms with Crippen molar-refractivity contribution in [2.24, 2.45) is 5.41 Å². The third-order valence-corrected chi connectivity index (χ3v) is 5.34. The van der Waals surface area contributed by atoms with Crippen molar-refractivity contribution >= 4 is 16.7 Å². The maximum Gasteiger partial charge on any atom is 0.227 e.